The molecule has 1 rings (SSSR count). The first-order valence-corrected chi connectivity index (χ1v) is 3.74. The number of hydrogen-bond donors (Lipinski definition) is 2. The average molecular weight is 182 g/mol. The van der Waals surface area contributed by atoms with Crippen LogP contribution in [0.4, 0.5) is 11.4 Å². The van der Waals surface area contributed by atoms with E-state index in [-0.39, 0.29) is 5.69 Å². The monoisotopic (exact) mass is 182 g/mol. The summed E-state index contributed by atoms with van der Waals surface area (Å²) in [5.41, 5.74) is 6.19. The van der Waals surface area contributed by atoms with Gasteiger partial charge in [-0.3, -0.25) is 10.1 Å². The molecule has 1 aromatic rings. The quantitative estimate of drug-likeness (QED) is 0.409. The van der Waals surface area contributed by atoms with Gasteiger partial charge in [-0.1, -0.05) is 0 Å². The first-order chi connectivity index (χ1) is 6.02. The molecule has 0 aromatic heterocycles. The Balaban J connectivity index is 3.19. The number of nitrogens with two attached hydrogens (primary N) is 1. The minimum absolute atomic E-state index is 0.0647. The fourth-order valence-electron chi connectivity index (χ4n) is 1.04. The summed E-state index contributed by atoms with van der Waals surface area (Å²) in [6.45, 7) is 1.51. The van der Waals surface area contributed by atoms with Crippen LogP contribution in [0, 0.1) is 10.1 Å². The van der Waals surface area contributed by atoms with Gasteiger partial charge in [-0.05, 0) is 13.0 Å². The Morgan fingerprint density at radius 1 is 1.62 bits per heavy atom. The van der Waals surface area contributed by atoms with Crippen molar-refractivity contribution in [1.29, 1.82) is 0 Å². The standard InChI is InChI=1S/C8H10N2O3/c1-5(11)7-4-6(10(12)13)2-3-8(7)9/h2-5,11H,9H2,1H3/t5-/m1/s1. The maximum atomic E-state index is 10.4. The van der Waals surface area contributed by atoms with Crippen molar-refractivity contribution in [1.82, 2.24) is 0 Å². The van der Waals surface area contributed by atoms with Gasteiger partial charge in [0, 0.05) is 23.4 Å². The topological polar surface area (TPSA) is 89.4 Å². The highest BCUT2D eigenvalue weighted by atomic mass is 16.6. The molecule has 0 heterocycles. The molecule has 1 atom stereocenters. The van der Waals surface area contributed by atoms with E-state index < -0.39 is 11.0 Å². The van der Waals surface area contributed by atoms with Crippen LogP contribution in [-0.4, -0.2) is 10.0 Å². The van der Waals surface area contributed by atoms with Crippen LogP contribution in [0.1, 0.15) is 18.6 Å². The number of non-ortho nitro benzene ring substituents is 1. The molecule has 0 unspecified atom stereocenters. The van der Waals surface area contributed by atoms with Gasteiger partial charge in [0.15, 0.2) is 0 Å². The van der Waals surface area contributed by atoms with Crippen molar-refractivity contribution in [3.63, 3.8) is 0 Å². The molecule has 0 bridgehead atoms. The Bertz CT molecular complexity index is 336. The number of nitrogens with zero attached hydrogens (tertiary/aromatic N) is 1. The SMILES string of the molecule is C[C@@H](O)c1cc([N+](=O)[O-])ccc1N. The van der Waals surface area contributed by atoms with Crippen molar-refractivity contribution in [3.05, 3.63) is 33.9 Å². The van der Waals surface area contributed by atoms with E-state index in [1.165, 1.54) is 25.1 Å². The molecule has 0 aliphatic carbocycles. The van der Waals surface area contributed by atoms with E-state index in [9.17, 15) is 15.2 Å². The third-order valence-corrected chi connectivity index (χ3v) is 1.73. The summed E-state index contributed by atoms with van der Waals surface area (Å²) in [4.78, 5) is 9.85. The third kappa shape index (κ3) is 1.94. The molecule has 5 heteroatoms. The van der Waals surface area contributed by atoms with Crippen LogP contribution < -0.4 is 5.73 Å². The predicted octanol–water partition coefficient (Wildman–Crippen LogP) is 1.23. The van der Waals surface area contributed by atoms with E-state index in [0.717, 1.165) is 0 Å². The van der Waals surface area contributed by atoms with Gasteiger partial charge in [0.2, 0.25) is 0 Å². The number of hydrogen-bond acceptors (Lipinski definition) is 4. The number of nitrogen functional groups attached to an aromatic ring is 1. The highest BCUT2D eigenvalue weighted by Gasteiger charge is 2.11. The second kappa shape index (κ2) is 3.40. The van der Waals surface area contributed by atoms with Crippen molar-refractivity contribution in [2.45, 2.75) is 13.0 Å². The van der Waals surface area contributed by atoms with Crippen LogP contribution in [-0.2, 0) is 0 Å². The van der Waals surface area contributed by atoms with Gasteiger partial charge in [0.25, 0.3) is 5.69 Å². The molecule has 1 aromatic carbocycles. The molecule has 0 aliphatic rings. The van der Waals surface area contributed by atoms with Gasteiger partial charge in [0.1, 0.15) is 0 Å². The lowest BCUT2D eigenvalue weighted by Crippen LogP contribution is -1.99. The number of benzene rings is 1. The van der Waals surface area contributed by atoms with E-state index in [2.05, 4.69) is 0 Å². The Morgan fingerprint density at radius 3 is 2.69 bits per heavy atom. The number of rotatable bonds is 2. The van der Waals surface area contributed by atoms with E-state index in [1.54, 1.807) is 0 Å². The van der Waals surface area contributed by atoms with E-state index >= 15 is 0 Å². The molecule has 0 saturated carbocycles. The van der Waals surface area contributed by atoms with Crippen LogP contribution in [0.5, 0.6) is 0 Å². The maximum absolute atomic E-state index is 10.4. The zero-order valence-corrected chi connectivity index (χ0v) is 7.10. The molecule has 70 valence electrons. The van der Waals surface area contributed by atoms with Gasteiger partial charge in [-0.25, -0.2) is 0 Å². The summed E-state index contributed by atoms with van der Waals surface area (Å²) in [5, 5.41) is 19.6. The Labute approximate surface area is 74.9 Å². The van der Waals surface area contributed by atoms with Crippen molar-refractivity contribution < 1.29 is 10.0 Å². The molecular weight excluding hydrogens is 172 g/mol. The molecule has 5 nitrogen and oxygen atoms in total. The first-order valence-electron chi connectivity index (χ1n) is 3.74. The molecule has 3 N–H and O–H groups in total. The minimum atomic E-state index is -0.792. The number of nitro groups is 1. The van der Waals surface area contributed by atoms with E-state index in [4.69, 9.17) is 5.73 Å². The summed E-state index contributed by atoms with van der Waals surface area (Å²) in [6.07, 6.45) is -0.792. The summed E-state index contributed by atoms with van der Waals surface area (Å²) >= 11 is 0. The smallest absolute Gasteiger partial charge is 0.269 e. The fourth-order valence-corrected chi connectivity index (χ4v) is 1.04. The van der Waals surface area contributed by atoms with Crippen LogP contribution >= 0.6 is 0 Å². The van der Waals surface area contributed by atoms with Crippen LogP contribution in [0.3, 0.4) is 0 Å². The number of aliphatic hydroxyl groups excluding tert-OH is 1. The van der Waals surface area contributed by atoms with Crippen molar-refractivity contribution in [2.75, 3.05) is 5.73 Å². The summed E-state index contributed by atoms with van der Waals surface area (Å²) in [5.74, 6) is 0. The van der Waals surface area contributed by atoms with Gasteiger partial charge in [-0.2, -0.15) is 0 Å². The Kier molecular flexibility index (Phi) is 2.48. The molecule has 0 saturated heterocycles. The lowest BCUT2D eigenvalue weighted by atomic mass is 10.1. The minimum Gasteiger partial charge on any atom is -0.398 e. The molecule has 0 aliphatic heterocycles. The molecule has 13 heavy (non-hydrogen) atoms. The number of nitro benzene ring substituents is 1. The Hall–Kier alpha value is -1.62. The van der Waals surface area contributed by atoms with Crippen molar-refractivity contribution in [2.24, 2.45) is 0 Å². The Morgan fingerprint density at radius 2 is 2.23 bits per heavy atom. The normalized spacial score (nSPS) is 12.5. The van der Waals surface area contributed by atoms with Crippen molar-refractivity contribution in [3.8, 4) is 0 Å². The largest absolute Gasteiger partial charge is 0.398 e. The first kappa shape index (κ1) is 9.47. The summed E-state index contributed by atoms with van der Waals surface area (Å²) < 4.78 is 0. The lowest BCUT2D eigenvalue weighted by molar-refractivity contribution is -0.385. The zero-order valence-electron chi connectivity index (χ0n) is 7.10. The van der Waals surface area contributed by atoms with Gasteiger partial charge < -0.3 is 10.8 Å². The molecule has 0 radical (unpaired) electrons. The van der Waals surface area contributed by atoms with Crippen LogP contribution in [0.25, 0.3) is 0 Å². The number of anilines is 1. The van der Waals surface area contributed by atoms with E-state index in [1.807, 2.05) is 0 Å². The average Bonchev–Trinajstić information content (AvgIpc) is 2.04. The third-order valence-electron chi connectivity index (χ3n) is 1.73. The zero-order chi connectivity index (χ0) is 10.0. The van der Waals surface area contributed by atoms with Gasteiger partial charge in [-0.15, -0.1) is 0 Å². The van der Waals surface area contributed by atoms with Gasteiger partial charge in [0.05, 0.1) is 11.0 Å². The highest BCUT2D eigenvalue weighted by molar-refractivity contribution is 5.53. The summed E-state index contributed by atoms with van der Waals surface area (Å²) in [7, 11) is 0. The molecule has 0 fully saturated rings. The van der Waals surface area contributed by atoms with E-state index in [0.29, 0.717) is 11.3 Å². The molecule has 0 amide bonds. The van der Waals surface area contributed by atoms with Crippen molar-refractivity contribution >= 4 is 11.4 Å². The maximum Gasteiger partial charge on any atom is 0.269 e. The summed E-state index contributed by atoms with van der Waals surface area (Å²) in [6, 6.07) is 4.00. The predicted molar refractivity (Wildman–Crippen MR) is 48.1 cm³/mol. The highest BCUT2D eigenvalue weighted by Crippen LogP contribution is 2.24. The number of aliphatic hydroxyl groups is 1. The second-order valence-corrected chi connectivity index (χ2v) is 2.75. The fraction of sp³-hybridized carbons (Fsp3) is 0.250. The molecular formula is C8H10N2O3. The van der Waals surface area contributed by atoms with Crippen LogP contribution in [0.15, 0.2) is 18.2 Å². The van der Waals surface area contributed by atoms with Crippen LogP contribution in [0.2, 0.25) is 0 Å². The second-order valence-electron chi connectivity index (χ2n) is 2.75. The van der Waals surface area contributed by atoms with Gasteiger partial charge >= 0.3 is 0 Å². The lowest BCUT2D eigenvalue weighted by Gasteiger charge is -2.07. The molecule has 0 spiro atoms.